The fraction of sp³-hybridized carbons (Fsp3) is 0.933. The van der Waals surface area contributed by atoms with Crippen molar-refractivity contribution in [1.29, 1.82) is 0 Å². The van der Waals surface area contributed by atoms with Crippen molar-refractivity contribution >= 4 is 35.0 Å². The second-order valence-corrected chi connectivity index (χ2v) is 10.1. The van der Waals surface area contributed by atoms with Crippen LogP contribution in [0.5, 0.6) is 0 Å². The van der Waals surface area contributed by atoms with E-state index in [9.17, 15) is 9.59 Å². The van der Waals surface area contributed by atoms with Crippen LogP contribution in [0.1, 0.15) is 181 Å². The van der Waals surface area contributed by atoms with Crippen molar-refractivity contribution in [2.75, 3.05) is 0 Å². The van der Waals surface area contributed by atoms with Gasteiger partial charge < -0.3 is 4.74 Å². The number of ether oxygens (including phenoxy) is 1. The lowest BCUT2D eigenvalue weighted by Crippen LogP contribution is -2.11. The molecule has 0 aliphatic rings. The van der Waals surface area contributed by atoms with E-state index in [-0.39, 0.29) is 35.0 Å². The highest BCUT2D eigenvalue weighted by molar-refractivity contribution is 5.85. The highest BCUT2D eigenvalue weighted by Gasteiger charge is 2.09. The summed E-state index contributed by atoms with van der Waals surface area (Å²) < 4.78 is 4.97. The van der Waals surface area contributed by atoms with Gasteiger partial charge >= 0.3 is 35.0 Å². The lowest BCUT2D eigenvalue weighted by atomic mass is 10.0. The standard InChI is InChI=1S/C30H58O3.Mg.2H/c1-3-5-7-9-11-13-15-16-18-20-22-24-26-28-30(32)33-29(31)27-25-23-21-19-17-14-12-10-8-6-4-2;;;/h3-28H2,1-2H3;;;. The van der Waals surface area contributed by atoms with E-state index in [1.807, 2.05) is 0 Å². The zero-order valence-electron chi connectivity index (χ0n) is 22.6. The Kier molecular flexibility index (Phi) is 32.8. The van der Waals surface area contributed by atoms with Crippen LogP contribution in [0.3, 0.4) is 0 Å². The number of carbonyl (C=O) groups excluding carboxylic acids is 2. The third-order valence-corrected chi connectivity index (χ3v) is 6.70. The second kappa shape index (κ2) is 30.9. The Morgan fingerprint density at radius 1 is 0.382 bits per heavy atom. The molecule has 0 saturated carbocycles. The summed E-state index contributed by atoms with van der Waals surface area (Å²) in [5.74, 6) is -0.656. The van der Waals surface area contributed by atoms with Gasteiger partial charge in [0.15, 0.2) is 0 Å². The molecule has 0 atom stereocenters. The number of unbranched alkanes of at least 4 members (excludes halogenated alkanes) is 22. The molecule has 0 bridgehead atoms. The Hall–Kier alpha value is -0.0938. The zero-order chi connectivity index (χ0) is 24.2. The van der Waals surface area contributed by atoms with Crippen LogP contribution in [0.15, 0.2) is 0 Å². The number of hydrogen-bond acceptors (Lipinski definition) is 3. The summed E-state index contributed by atoms with van der Waals surface area (Å²) in [4.78, 5) is 23.6. The van der Waals surface area contributed by atoms with Crippen LogP contribution in [0.25, 0.3) is 0 Å². The molecule has 0 aliphatic carbocycles. The van der Waals surface area contributed by atoms with E-state index in [1.165, 1.54) is 128 Å². The van der Waals surface area contributed by atoms with Gasteiger partial charge in [-0.1, -0.05) is 155 Å². The summed E-state index contributed by atoms with van der Waals surface area (Å²) in [6, 6.07) is 0. The third kappa shape index (κ3) is 29.9. The van der Waals surface area contributed by atoms with Crippen molar-refractivity contribution in [1.82, 2.24) is 0 Å². The van der Waals surface area contributed by atoms with Crippen LogP contribution in [-0.2, 0) is 14.3 Å². The van der Waals surface area contributed by atoms with Gasteiger partial charge in [0, 0.05) is 12.8 Å². The predicted octanol–water partition coefficient (Wildman–Crippen LogP) is 9.32. The average Bonchev–Trinajstić information content (AvgIpc) is 2.80. The Morgan fingerprint density at radius 2 is 0.588 bits per heavy atom. The van der Waals surface area contributed by atoms with Gasteiger partial charge in [-0.25, -0.2) is 0 Å². The van der Waals surface area contributed by atoms with Crippen LogP contribution in [0, 0.1) is 0 Å². The van der Waals surface area contributed by atoms with Crippen molar-refractivity contribution in [3.63, 3.8) is 0 Å². The quantitative estimate of drug-likeness (QED) is 0.0522. The van der Waals surface area contributed by atoms with Crippen LogP contribution in [0.2, 0.25) is 0 Å². The van der Waals surface area contributed by atoms with Crippen molar-refractivity contribution in [2.24, 2.45) is 0 Å². The fourth-order valence-corrected chi connectivity index (χ4v) is 4.45. The first-order valence-electron chi connectivity index (χ1n) is 14.9. The van der Waals surface area contributed by atoms with Gasteiger partial charge in [0.25, 0.3) is 0 Å². The predicted molar refractivity (Wildman–Crippen MR) is 151 cm³/mol. The van der Waals surface area contributed by atoms with Crippen LogP contribution in [0.4, 0.5) is 0 Å². The first kappa shape index (κ1) is 36.1. The molecular formula is C30H60MgO3. The first-order valence-corrected chi connectivity index (χ1v) is 14.9. The molecule has 34 heavy (non-hydrogen) atoms. The van der Waals surface area contributed by atoms with E-state index in [0.29, 0.717) is 12.8 Å². The fourth-order valence-electron chi connectivity index (χ4n) is 4.45. The van der Waals surface area contributed by atoms with E-state index in [0.717, 1.165) is 25.7 Å². The molecular weight excluding hydrogens is 433 g/mol. The molecule has 0 aromatic carbocycles. The van der Waals surface area contributed by atoms with Gasteiger partial charge in [-0.2, -0.15) is 0 Å². The summed E-state index contributed by atoms with van der Waals surface area (Å²) >= 11 is 0. The molecule has 0 radical (unpaired) electrons. The van der Waals surface area contributed by atoms with Crippen LogP contribution in [-0.4, -0.2) is 35.0 Å². The maximum atomic E-state index is 11.8. The Labute approximate surface area is 229 Å². The summed E-state index contributed by atoms with van der Waals surface area (Å²) in [6.07, 6.45) is 31.4. The summed E-state index contributed by atoms with van der Waals surface area (Å²) in [5.41, 5.74) is 0. The molecule has 0 aliphatic heterocycles. The topological polar surface area (TPSA) is 43.4 Å². The molecule has 0 aromatic rings. The Balaban J connectivity index is 0. The lowest BCUT2D eigenvalue weighted by molar-refractivity contribution is -0.159. The third-order valence-electron chi connectivity index (χ3n) is 6.70. The van der Waals surface area contributed by atoms with E-state index in [1.54, 1.807) is 0 Å². The molecule has 0 N–H and O–H groups in total. The largest absolute Gasteiger partial charge is 0.393 e. The molecule has 0 fully saturated rings. The normalized spacial score (nSPS) is 10.8. The number of hydrogen-bond donors (Lipinski definition) is 0. The lowest BCUT2D eigenvalue weighted by Gasteiger charge is -2.05. The van der Waals surface area contributed by atoms with Gasteiger partial charge in [-0.3, -0.25) is 9.59 Å². The molecule has 3 nitrogen and oxygen atoms in total. The monoisotopic (exact) mass is 492 g/mol. The molecule has 200 valence electrons. The van der Waals surface area contributed by atoms with Crippen molar-refractivity contribution in [2.45, 2.75) is 181 Å². The SMILES string of the molecule is CCCCCCCCCCCCCCCC(=O)OC(=O)CCCCCCCCCCCCC.[MgH2]. The number of carbonyl (C=O) groups is 2. The first-order chi connectivity index (χ1) is 16.2. The van der Waals surface area contributed by atoms with E-state index in [4.69, 9.17) is 4.74 Å². The van der Waals surface area contributed by atoms with Gasteiger partial charge in [0.2, 0.25) is 0 Å². The molecule has 0 amide bonds. The van der Waals surface area contributed by atoms with E-state index < -0.39 is 0 Å². The molecule has 4 heteroatoms. The summed E-state index contributed by atoms with van der Waals surface area (Å²) in [5, 5.41) is 0. The highest BCUT2D eigenvalue weighted by Crippen LogP contribution is 2.14. The second-order valence-electron chi connectivity index (χ2n) is 10.1. The summed E-state index contributed by atoms with van der Waals surface area (Å²) in [6.45, 7) is 4.52. The molecule has 0 spiro atoms. The van der Waals surface area contributed by atoms with Gasteiger partial charge in [0.05, 0.1) is 0 Å². The van der Waals surface area contributed by atoms with Gasteiger partial charge in [0.1, 0.15) is 0 Å². The molecule has 0 heterocycles. The highest BCUT2D eigenvalue weighted by atomic mass is 24.3. The smallest absolute Gasteiger partial charge is 0.316 e. The minimum Gasteiger partial charge on any atom is -0.393 e. The summed E-state index contributed by atoms with van der Waals surface area (Å²) in [7, 11) is 0. The van der Waals surface area contributed by atoms with Crippen LogP contribution >= 0.6 is 0 Å². The minimum atomic E-state index is -0.328. The maximum absolute atomic E-state index is 11.8. The average molecular weight is 493 g/mol. The van der Waals surface area contributed by atoms with Gasteiger partial charge in [-0.05, 0) is 12.8 Å². The number of rotatable bonds is 26. The zero-order valence-corrected chi connectivity index (χ0v) is 22.6. The molecule has 0 saturated heterocycles. The molecule has 0 rings (SSSR count). The number of esters is 2. The van der Waals surface area contributed by atoms with Gasteiger partial charge in [-0.15, -0.1) is 0 Å². The Morgan fingerprint density at radius 3 is 0.824 bits per heavy atom. The van der Waals surface area contributed by atoms with E-state index in [2.05, 4.69) is 13.8 Å². The minimum absolute atomic E-state index is 0. The molecule has 0 unspecified atom stereocenters. The van der Waals surface area contributed by atoms with Crippen LogP contribution < -0.4 is 0 Å². The molecule has 0 aromatic heterocycles. The van der Waals surface area contributed by atoms with Crippen molar-refractivity contribution < 1.29 is 14.3 Å². The van der Waals surface area contributed by atoms with Crippen molar-refractivity contribution in [3.8, 4) is 0 Å². The van der Waals surface area contributed by atoms with E-state index >= 15 is 0 Å². The Bertz CT molecular complexity index is 425. The van der Waals surface area contributed by atoms with Crippen molar-refractivity contribution in [3.05, 3.63) is 0 Å². The maximum Gasteiger partial charge on any atom is 0.316 e.